The van der Waals surface area contributed by atoms with Crippen LogP contribution in [-0.4, -0.2) is 30.5 Å². The van der Waals surface area contributed by atoms with Crippen molar-refractivity contribution >= 4 is 22.4 Å². The van der Waals surface area contributed by atoms with Gasteiger partial charge in [-0.15, -0.1) is 0 Å². The molecule has 4 nitrogen and oxygen atoms in total. The first-order chi connectivity index (χ1) is 10.5. The lowest BCUT2D eigenvalue weighted by molar-refractivity contribution is 0.0951. The summed E-state index contributed by atoms with van der Waals surface area (Å²) in [7, 11) is 2.95. The second-order valence-corrected chi connectivity index (χ2v) is 6.60. The minimum atomic E-state index is -1.03. The Morgan fingerprint density at radius 2 is 1.64 bits per heavy atom. The third-order valence-corrected chi connectivity index (χ3v) is 4.29. The summed E-state index contributed by atoms with van der Waals surface area (Å²) in [5.41, 5.74) is 2.74. The number of amides is 1. The molecule has 1 unspecified atom stereocenters. The number of nitrogens with zero attached hydrogens (tertiary/aromatic N) is 1. The normalized spacial score (nSPS) is 11.8. The molecule has 1 amide bonds. The van der Waals surface area contributed by atoms with Crippen LogP contribution in [0.25, 0.3) is 0 Å². The molecule has 0 saturated heterocycles. The van der Waals surface area contributed by atoms with Crippen molar-refractivity contribution in [1.82, 2.24) is 5.32 Å². The molecule has 116 valence electrons. The maximum absolute atomic E-state index is 12.1. The maximum Gasteiger partial charge on any atom is 0.251 e. The van der Waals surface area contributed by atoms with E-state index in [4.69, 9.17) is 0 Å². The fraction of sp³-hybridized carbons (Fsp3) is 0.235. The van der Waals surface area contributed by atoms with E-state index in [-0.39, 0.29) is 5.91 Å². The summed E-state index contributed by atoms with van der Waals surface area (Å²) < 4.78 is 11.3. The van der Waals surface area contributed by atoms with Crippen LogP contribution < -0.4 is 10.2 Å². The number of benzene rings is 2. The van der Waals surface area contributed by atoms with Crippen molar-refractivity contribution in [3.8, 4) is 0 Å². The molecule has 2 aromatic carbocycles. The third-order valence-electron chi connectivity index (χ3n) is 3.35. The minimum absolute atomic E-state index is 0.134. The fourth-order valence-corrected chi connectivity index (χ4v) is 2.51. The zero-order chi connectivity index (χ0) is 16.1. The van der Waals surface area contributed by atoms with Gasteiger partial charge in [0.25, 0.3) is 5.91 Å². The Balaban J connectivity index is 1.96. The molecule has 0 aliphatic carbocycles. The Labute approximate surface area is 133 Å². The predicted octanol–water partition coefficient (Wildman–Crippen LogP) is 2.42. The van der Waals surface area contributed by atoms with Gasteiger partial charge in [0.15, 0.2) is 0 Å². The number of carbonyl (C=O) groups is 1. The van der Waals surface area contributed by atoms with Gasteiger partial charge in [-0.2, -0.15) is 0 Å². The fourth-order valence-electron chi connectivity index (χ4n) is 1.99. The molecular weight excluding hydrogens is 296 g/mol. The van der Waals surface area contributed by atoms with Gasteiger partial charge in [0.2, 0.25) is 0 Å². The van der Waals surface area contributed by atoms with Crippen LogP contribution in [0.4, 0.5) is 5.69 Å². The quantitative estimate of drug-likeness (QED) is 0.921. The van der Waals surface area contributed by atoms with Gasteiger partial charge < -0.3 is 10.2 Å². The van der Waals surface area contributed by atoms with E-state index in [1.54, 1.807) is 30.5 Å². The molecule has 0 radical (unpaired) electrons. The largest absolute Gasteiger partial charge is 0.378 e. The Hall–Kier alpha value is -2.14. The molecule has 0 aromatic heterocycles. The molecule has 0 spiro atoms. The van der Waals surface area contributed by atoms with Gasteiger partial charge in [-0.25, -0.2) is 0 Å². The summed E-state index contributed by atoms with van der Waals surface area (Å²) in [5, 5.41) is 2.88. The molecule has 0 aliphatic rings. The summed E-state index contributed by atoms with van der Waals surface area (Å²) in [4.78, 5) is 14.8. The van der Waals surface area contributed by atoms with E-state index in [0.29, 0.717) is 12.1 Å². The second-order valence-electron chi connectivity index (χ2n) is 5.22. The first-order valence-corrected chi connectivity index (χ1v) is 8.51. The van der Waals surface area contributed by atoms with E-state index < -0.39 is 10.8 Å². The number of hydrogen-bond acceptors (Lipinski definition) is 3. The molecule has 0 fully saturated rings. The van der Waals surface area contributed by atoms with Crippen LogP contribution in [0.2, 0.25) is 0 Å². The van der Waals surface area contributed by atoms with Gasteiger partial charge in [0.1, 0.15) is 0 Å². The van der Waals surface area contributed by atoms with Crippen LogP contribution in [0.15, 0.2) is 53.4 Å². The highest BCUT2D eigenvalue weighted by molar-refractivity contribution is 7.84. The number of anilines is 1. The Morgan fingerprint density at radius 3 is 2.14 bits per heavy atom. The van der Waals surface area contributed by atoms with E-state index in [1.165, 1.54) is 0 Å². The standard InChI is InChI=1S/C17H20N2O2S/c1-19(2)15-8-4-13(5-9-15)12-18-17(20)14-6-10-16(11-7-14)22(3)21/h4-11H,12H2,1-3H3,(H,18,20). The van der Waals surface area contributed by atoms with E-state index >= 15 is 0 Å². The summed E-state index contributed by atoms with van der Waals surface area (Å²) >= 11 is 0. The van der Waals surface area contributed by atoms with Crippen LogP contribution in [-0.2, 0) is 17.3 Å². The summed E-state index contributed by atoms with van der Waals surface area (Å²) in [5.74, 6) is -0.134. The number of carbonyl (C=O) groups excluding carboxylic acids is 1. The minimum Gasteiger partial charge on any atom is -0.378 e. The van der Waals surface area contributed by atoms with E-state index in [9.17, 15) is 9.00 Å². The van der Waals surface area contributed by atoms with Crippen molar-refractivity contribution in [1.29, 1.82) is 0 Å². The molecule has 2 aromatic rings. The second kappa shape index (κ2) is 7.22. The zero-order valence-electron chi connectivity index (χ0n) is 13.0. The molecule has 1 N–H and O–H groups in total. The molecule has 0 heterocycles. The van der Waals surface area contributed by atoms with Crippen LogP contribution in [0, 0.1) is 0 Å². The van der Waals surface area contributed by atoms with Gasteiger partial charge in [0, 0.05) is 53.8 Å². The van der Waals surface area contributed by atoms with Gasteiger partial charge in [-0.3, -0.25) is 9.00 Å². The van der Waals surface area contributed by atoms with E-state index in [1.807, 2.05) is 43.3 Å². The number of nitrogens with one attached hydrogen (secondary N) is 1. The van der Waals surface area contributed by atoms with Crippen molar-refractivity contribution in [2.75, 3.05) is 25.3 Å². The van der Waals surface area contributed by atoms with Crippen molar-refractivity contribution in [2.45, 2.75) is 11.4 Å². The van der Waals surface area contributed by atoms with Gasteiger partial charge in [-0.1, -0.05) is 12.1 Å². The Kier molecular flexibility index (Phi) is 5.33. The average molecular weight is 316 g/mol. The summed E-state index contributed by atoms with van der Waals surface area (Å²) in [6.45, 7) is 0.480. The number of rotatable bonds is 5. The Morgan fingerprint density at radius 1 is 1.05 bits per heavy atom. The van der Waals surface area contributed by atoms with Crippen LogP contribution in [0.3, 0.4) is 0 Å². The predicted molar refractivity (Wildman–Crippen MR) is 90.7 cm³/mol. The molecule has 0 bridgehead atoms. The molecule has 0 saturated carbocycles. The smallest absolute Gasteiger partial charge is 0.251 e. The summed E-state index contributed by atoms with van der Waals surface area (Å²) in [6.07, 6.45) is 1.62. The van der Waals surface area contributed by atoms with Crippen molar-refractivity contribution in [3.63, 3.8) is 0 Å². The van der Waals surface area contributed by atoms with E-state index in [0.717, 1.165) is 16.1 Å². The summed E-state index contributed by atoms with van der Waals surface area (Å²) in [6, 6.07) is 14.9. The lowest BCUT2D eigenvalue weighted by atomic mass is 10.2. The molecule has 2 rings (SSSR count). The Bertz CT molecular complexity index is 664. The van der Waals surface area contributed by atoms with Gasteiger partial charge >= 0.3 is 0 Å². The molecule has 0 aliphatic heterocycles. The van der Waals surface area contributed by atoms with Crippen molar-refractivity contribution in [2.24, 2.45) is 0 Å². The lowest BCUT2D eigenvalue weighted by Gasteiger charge is -2.13. The topological polar surface area (TPSA) is 49.4 Å². The first-order valence-electron chi connectivity index (χ1n) is 6.95. The van der Waals surface area contributed by atoms with Crippen molar-refractivity contribution < 1.29 is 9.00 Å². The van der Waals surface area contributed by atoms with E-state index in [2.05, 4.69) is 5.32 Å². The maximum atomic E-state index is 12.1. The molecule has 5 heteroatoms. The monoisotopic (exact) mass is 316 g/mol. The highest BCUT2D eigenvalue weighted by Gasteiger charge is 2.06. The van der Waals surface area contributed by atoms with Crippen LogP contribution in [0.5, 0.6) is 0 Å². The SMILES string of the molecule is CN(C)c1ccc(CNC(=O)c2ccc(S(C)=O)cc2)cc1. The van der Waals surface area contributed by atoms with Gasteiger partial charge in [-0.05, 0) is 42.0 Å². The highest BCUT2D eigenvalue weighted by atomic mass is 32.2. The number of hydrogen-bond donors (Lipinski definition) is 1. The van der Waals surface area contributed by atoms with Crippen molar-refractivity contribution in [3.05, 3.63) is 59.7 Å². The average Bonchev–Trinajstić information content (AvgIpc) is 2.53. The molecule has 1 atom stereocenters. The van der Waals surface area contributed by atoms with Crippen LogP contribution in [0.1, 0.15) is 15.9 Å². The highest BCUT2D eigenvalue weighted by Crippen LogP contribution is 2.12. The van der Waals surface area contributed by atoms with Gasteiger partial charge in [0.05, 0.1) is 0 Å². The molecule has 22 heavy (non-hydrogen) atoms. The molecular formula is C17H20N2O2S. The zero-order valence-corrected chi connectivity index (χ0v) is 13.8. The lowest BCUT2D eigenvalue weighted by Crippen LogP contribution is -2.22. The third kappa shape index (κ3) is 4.18. The van der Waals surface area contributed by atoms with Crippen LogP contribution >= 0.6 is 0 Å². The first kappa shape index (κ1) is 16.2.